The van der Waals surface area contributed by atoms with Gasteiger partial charge in [0.05, 0.1) is 0 Å². The summed E-state index contributed by atoms with van der Waals surface area (Å²) in [6.07, 6.45) is 3.07. The number of hydrogen-bond acceptors (Lipinski definition) is 3. The summed E-state index contributed by atoms with van der Waals surface area (Å²) in [6, 6.07) is -0.247. The average molecular weight is 282 g/mol. The number of rotatable bonds is 6. The smallest absolute Gasteiger partial charge is 0.314 e. The van der Waals surface area contributed by atoms with Crippen LogP contribution in [0.2, 0.25) is 0 Å². The fourth-order valence-corrected chi connectivity index (χ4v) is 2.55. The number of carbonyl (C=O) groups is 3. The third kappa shape index (κ3) is 4.11. The molecular formula is C13H22N4O3. The van der Waals surface area contributed by atoms with E-state index in [9.17, 15) is 14.4 Å². The van der Waals surface area contributed by atoms with Crippen LogP contribution in [0.3, 0.4) is 0 Å². The minimum absolute atomic E-state index is 0.166. The lowest BCUT2D eigenvalue weighted by molar-refractivity contribution is -0.128. The molecule has 2 aliphatic heterocycles. The predicted octanol–water partition coefficient (Wildman–Crippen LogP) is -0.470. The van der Waals surface area contributed by atoms with Gasteiger partial charge in [0.15, 0.2) is 0 Å². The minimum atomic E-state index is -0.247. The first-order chi connectivity index (χ1) is 9.66. The zero-order valence-corrected chi connectivity index (χ0v) is 11.7. The summed E-state index contributed by atoms with van der Waals surface area (Å²) in [6.45, 7) is 3.63. The van der Waals surface area contributed by atoms with Crippen molar-refractivity contribution in [3.63, 3.8) is 0 Å². The van der Waals surface area contributed by atoms with Crippen LogP contribution in [0.5, 0.6) is 0 Å². The van der Waals surface area contributed by atoms with Crippen molar-refractivity contribution in [1.29, 1.82) is 0 Å². The lowest BCUT2D eigenvalue weighted by atomic mass is 10.4. The second-order valence-electron chi connectivity index (χ2n) is 5.15. The molecule has 2 saturated heterocycles. The van der Waals surface area contributed by atoms with Gasteiger partial charge in [-0.1, -0.05) is 0 Å². The van der Waals surface area contributed by atoms with Crippen molar-refractivity contribution >= 4 is 17.8 Å². The Balaban J connectivity index is 1.52. The van der Waals surface area contributed by atoms with Crippen molar-refractivity contribution < 1.29 is 14.4 Å². The minimum Gasteiger partial charge on any atom is -0.341 e. The molecule has 0 atom stereocenters. The quantitative estimate of drug-likeness (QED) is 0.691. The third-order valence-corrected chi connectivity index (χ3v) is 3.68. The first-order valence-corrected chi connectivity index (χ1v) is 7.24. The van der Waals surface area contributed by atoms with Crippen molar-refractivity contribution in [2.75, 3.05) is 39.3 Å². The van der Waals surface area contributed by atoms with Crippen LogP contribution < -0.4 is 10.6 Å². The highest BCUT2D eigenvalue weighted by atomic mass is 16.2. The first kappa shape index (κ1) is 14.6. The van der Waals surface area contributed by atoms with Crippen LogP contribution in [0.15, 0.2) is 0 Å². The molecule has 2 N–H and O–H groups in total. The molecule has 0 unspecified atom stereocenters. The topological polar surface area (TPSA) is 81.8 Å². The van der Waals surface area contributed by atoms with Gasteiger partial charge in [-0.05, 0) is 12.8 Å². The molecule has 4 amide bonds. The summed E-state index contributed by atoms with van der Waals surface area (Å²) in [5.41, 5.74) is 0. The fourth-order valence-electron chi connectivity index (χ4n) is 2.55. The maximum absolute atomic E-state index is 11.5. The molecule has 0 saturated carbocycles. The third-order valence-electron chi connectivity index (χ3n) is 3.68. The lowest BCUT2D eigenvalue weighted by Crippen LogP contribution is -2.43. The second-order valence-corrected chi connectivity index (χ2v) is 5.15. The standard InChI is InChI=1S/C13H22N4O3/c18-11-3-1-7-16(11)9-5-14-13(20)15-6-10-17-8-2-4-12(17)19/h1-10H2,(H2,14,15,20). The van der Waals surface area contributed by atoms with Gasteiger partial charge < -0.3 is 20.4 Å². The maximum Gasteiger partial charge on any atom is 0.314 e. The SMILES string of the molecule is O=C(NCCN1CCCC1=O)NCCN1CCCC1=O. The van der Waals surface area contributed by atoms with Crippen molar-refractivity contribution in [2.24, 2.45) is 0 Å². The number of hydrogen-bond donors (Lipinski definition) is 2. The largest absolute Gasteiger partial charge is 0.341 e. The van der Waals surface area contributed by atoms with Crippen LogP contribution in [0, 0.1) is 0 Å². The van der Waals surface area contributed by atoms with Crippen LogP contribution in [0.1, 0.15) is 25.7 Å². The summed E-state index contributed by atoms with van der Waals surface area (Å²) >= 11 is 0. The van der Waals surface area contributed by atoms with E-state index >= 15 is 0 Å². The Morgan fingerprint density at radius 1 is 0.900 bits per heavy atom. The zero-order valence-electron chi connectivity index (χ0n) is 11.7. The predicted molar refractivity (Wildman–Crippen MR) is 73.0 cm³/mol. The fraction of sp³-hybridized carbons (Fsp3) is 0.769. The van der Waals surface area contributed by atoms with Crippen molar-refractivity contribution in [1.82, 2.24) is 20.4 Å². The van der Waals surface area contributed by atoms with E-state index < -0.39 is 0 Å². The van der Waals surface area contributed by atoms with E-state index in [2.05, 4.69) is 10.6 Å². The Labute approximate surface area is 118 Å². The molecule has 0 spiro atoms. The van der Waals surface area contributed by atoms with Crippen molar-refractivity contribution in [2.45, 2.75) is 25.7 Å². The first-order valence-electron chi connectivity index (χ1n) is 7.24. The van der Waals surface area contributed by atoms with Gasteiger partial charge >= 0.3 is 6.03 Å². The number of carbonyl (C=O) groups excluding carboxylic acids is 3. The summed E-state index contributed by atoms with van der Waals surface area (Å²) < 4.78 is 0. The van der Waals surface area contributed by atoms with Gasteiger partial charge in [0, 0.05) is 52.1 Å². The zero-order chi connectivity index (χ0) is 14.4. The average Bonchev–Trinajstić information content (AvgIpc) is 3.00. The second kappa shape index (κ2) is 7.12. The molecule has 2 fully saturated rings. The Morgan fingerprint density at radius 2 is 1.35 bits per heavy atom. The molecule has 0 aromatic rings. The van der Waals surface area contributed by atoms with E-state index in [-0.39, 0.29) is 17.8 Å². The van der Waals surface area contributed by atoms with Crippen LogP contribution in [-0.2, 0) is 9.59 Å². The van der Waals surface area contributed by atoms with Crippen molar-refractivity contribution in [3.8, 4) is 0 Å². The Morgan fingerprint density at radius 3 is 1.70 bits per heavy atom. The Kier molecular flexibility index (Phi) is 5.20. The molecule has 7 nitrogen and oxygen atoms in total. The molecule has 0 bridgehead atoms. The van der Waals surface area contributed by atoms with E-state index in [4.69, 9.17) is 0 Å². The summed E-state index contributed by atoms with van der Waals surface area (Å²) in [4.78, 5) is 37.8. The maximum atomic E-state index is 11.5. The molecule has 0 aliphatic carbocycles. The van der Waals surface area contributed by atoms with E-state index in [0.29, 0.717) is 39.0 Å². The van der Waals surface area contributed by atoms with Gasteiger partial charge in [0.25, 0.3) is 0 Å². The molecule has 0 aromatic carbocycles. The molecule has 2 heterocycles. The van der Waals surface area contributed by atoms with Gasteiger partial charge in [0.2, 0.25) is 11.8 Å². The molecule has 2 aliphatic rings. The molecule has 112 valence electrons. The number of likely N-dealkylation sites (tertiary alicyclic amines) is 2. The van der Waals surface area contributed by atoms with E-state index in [1.165, 1.54) is 0 Å². The summed E-state index contributed by atoms with van der Waals surface area (Å²) in [5.74, 6) is 0.333. The molecule has 0 radical (unpaired) electrons. The molecule has 7 heteroatoms. The van der Waals surface area contributed by atoms with E-state index in [1.54, 1.807) is 9.80 Å². The number of nitrogens with one attached hydrogen (secondary N) is 2. The van der Waals surface area contributed by atoms with Crippen LogP contribution in [0.4, 0.5) is 4.79 Å². The van der Waals surface area contributed by atoms with Gasteiger partial charge in [-0.25, -0.2) is 4.79 Å². The number of nitrogens with zero attached hydrogens (tertiary/aromatic N) is 2. The van der Waals surface area contributed by atoms with Gasteiger partial charge in [-0.3, -0.25) is 9.59 Å². The van der Waals surface area contributed by atoms with E-state index in [0.717, 1.165) is 25.9 Å². The van der Waals surface area contributed by atoms with Crippen LogP contribution in [0.25, 0.3) is 0 Å². The molecule has 2 rings (SSSR count). The molecular weight excluding hydrogens is 260 g/mol. The molecule has 0 aromatic heterocycles. The van der Waals surface area contributed by atoms with Gasteiger partial charge in [-0.15, -0.1) is 0 Å². The summed E-state index contributed by atoms with van der Waals surface area (Å²) in [5, 5.41) is 5.44. The van der Waals surface area contributed by atoms with Crippen LogP contribution >= 0.6 is 0 Å². The highest BCUT2D eigenvalue weighted by molar-refractivity contribution is 5.79. The normalized spacial score (nSPS) is 18.8. The summed E-state index contributed by atoms with van der Waals surface area (Å²) in [7, 11) is 0. The van der Waals surface area contributed by atoms with Crippen molar-refractivity contribution in [3.05, 3.63) is 0 Å². The van der Waals surface area contributed by atoms with Gasteiger partial charge in [-0.2, -0.15) is 0 Å². The van der Waals surface area contributed by atoms with Crippen LogP contribution in [-0.4, -0.2) is 66.9 Å². The molecule has 20 heavy (non-hydrogen) atoms. The highest BCUT2D eigenvalue weighted by Crippen LogP contribution is 2.08. The highest BCUT2D eigenvalue weighted by Gasteiger charge is 2.20. The van der Waals surface area contributed by atoms with Gasteiger partial charge in [0.1, 0.15) is 0 Å². The number of amides is 4. The Bertz CT molecular complexity index is 352. The number of urea groups is 1. The lowest BCUT2D eigenvalue weighted by Gasteiger charge is -2.17. The monoisotopic (exact) mass is 282 g/mol. The Hall–Kier alpha value is -1.79. The van der Waals surface area contributed by atoms with E-state index in [1.807, 2.05) is 0 Å².